The van der Waals surface area contributed by atoms with Crippen molar-refractivity contribution in [1.82, 2.24) is 0 Å². The summed E-state index contributed by atoms with van der Waals surface area (Å²) in [6, 6.07) is 8.69. The lowest BCUT2D eigenvalue weighted by Gasteiger charge is -2.09. The van der Waals surface area contributed by atoms with Crippen molar-refractivity contribution in [3.05, 3.63) is 59.7 Å². The van der Waals surface area contributed by atoms with Gasteiger partial charge in [-0.2, -0.15) is 0 Å². The van der Waals surface area contributed by atoms with E-state index in [0.29, 0.717) is 5.56 Å². The second kappa shape index (κ2) is 5.46. The van der Waals surface area contributed by atoms with Crippen molar-refractivity contribution in [2.75, 3.05) is 10.5 Å². The van der Waals surface area contributed by atoms with E-state index in [2.05, 4.69) is 4.72 Å². The molecule has 0 spiro atoms. The van der Waals surface area contributed by atoms with E-state index in [-0.39, 0.29) is 17.1 Å². The Kier molecular flexibility index (Phi) is 3.89. The summed E-state index contributed by atoms with van der Waals surface area (Å²) in [5.74, 6) is -1.59. The fourth-order valence-corrected chi connectivity index (χ4v) is 2.82. The van der Waals surface area contributed by atoms with Crippen LogP contribution in [-0.2, 0) is 15.8 Å². The second-order valence-corrected chi connectivity index (χ2v) is 5.95. The van der Waals surface area contributed by atoms with Crippen molar-refractivity contribution in [3.63, 3.8) is 0 Å². The van der Waals surface area contributed by atoms with Gasteiger partial charge in [-0.1, -0.05) is 12.1 Å². The molecule has 2 aromatic carbocycles. The number of anilines is 2. The largest absolute Gasteiger partial charge is 0.399 e. The number of rotatable bonds is 4. The highest BCUT2D eigenvalue weighted by Crippen LogP contribution is 2.19. The van der Waals surface area contributed by atoms with Crippen LogP contribution in [0.1, 0.15) is 5.56 Å². The fourth-order valence-electron chi connectivity index (χ4n) is 1.62. The van der Waals surface area contributed by atoms with Gasteiger partial charge in [-0.25, -0.2) is 17.2 Å². The number of sulfonamides is 1. The molecule has 2 rings (SSSR count). The van der Waals surface area contributed by atoms with Gasteiger partial charge in [0.15, 0.2) is 0 Å². The molecule has 0 bridgehead atoms. The van der Waals surface area contributed by atoms with Crippen LogP contribution in [0.15, 0.2) is 42.5 Å². The van der Waals surface area contributed by atoms with Crippen molar-refractivity contribution in [1.29, 1.82) is 0 Å². The van der Waals surface area contributed by atoms with Gasteiger partial charge in [0.2, 0.25) is 10.0 Å². The predicted molar refractivity (Wildman–Crippen MR) is 73.5 cm³/mol. The van der Waals surface area contributed by atoms with Gasteiger partial charge in [0.25, 0.3) is 0 Å². The molecule has 0 saturated carbocycles. The number of hydrogen-bond acceptors (Lipinski definition) is 3. The van der Waals surface area contributed by atoms with E-state index in [9.17, 15) is 17.2 Å². The van der Waals surface area contributed by atoms with Gasteiger partial charge in [0, 0.05) is 5.69 Å². The Labute approximate surface area is 115 Å². The predicted octanol–water partition coefficient (Wildman–Crippen LogP) is 2.49. The van der Waals surface area contributed by atoms with Crippen molar-refractivity contribution in [2.24, 2.45) is 0 Å². The first-order valence-electron chi connectivity index (χ1n) is 5.66. The average molecular weight is 298 g/mol. The zero-order valence-electron chi connectivity index (χ0n) is 10.3. The molecule has 106 valence electrons. The lowest BCUT2D eigenvalue weighted by molar-refractivity contribution is 0.597. The molecule has 0 fully saturated rings. The van der Waals surface area contributed by atoms with Crippen LogP contribution in [0, 0.1) is 11.6 Å². The van der Waals surface area contributed by atoms with E-state index in [1.165, 1.54) is 24.3 Å². The standard InChI is InChI=1S/C13H12F2N2O2S/c14-10-3-1-9(2-4-10)8-20(18,19)17-13-6-5-11(16)7-12(13)15/h1-7,17H,8,16H2. The topological polar surface area (TPSA) is 72.2 Å². The third-order valence-corrected chi connectivity index (χ3v) is 3.77. The van der Waals surface area contributed by atoms with Crippen LogP contribution in [0.3, 0.4) is 0 Å². The minimum Gasteiger partial charge on any atom is -0.399 e. The molecule has 20 heavy (non-hydrogen) atoms. The highest BCUT2D eigenvalue weighted by molar-refractivity contribution is 7.91. The highest BCUT2D eigenvalue weighted by Gasteiger charge is 2.14. The molecule has 0 amide bonds. The number of halogens is 2. The number of benzene rings is 2. The van der Waals surface area contributed by atoms with E-state index in [4.69, 9.17) is 5.73 Å². The minimum absolute atomic E-state index is 0.179. The Morgan fingerprint density at radius 3 is 2.30 bits per heavy atom. The van der Waals surface area contributed by atoms with Crippen molar-refractivity contribution >= 4 is 21.4 Å². The molecule has 4 nitrogen and oxygen atoms in total. The van der Waals surface area contributed by atoms with E-state index < -0.39 is 21.7 Å². The molecule has 0 atom stereocenters. The quantitative estimate of drug-likeness (QED) is 0.852. The molecule has 0 radical (unpaired) electrons. The molecule has 0 aliphatic rings. The van der Waals surface area contributed by atoms with Crippen molar-refractivity contribution < 1.29 is 17.2 Å². The Morgan fingerprint density at radius 2 is 1.70 bits per heavy atom. The van der Waals surface area contributed by atoms with Crippen LogP contribution in [0.25, 0.3) is 0 Å². The summed E-state index contributed by atoms with van der Waals surface area (Å²) < 4.78 is 52.1. The molecule has 0 aliphatic carbocycles. The van der Waals surface area contributed by atoms with E-state index in [1.807, 2.05) is 0 Å². The van der Waals surface area contributed by atoms with E-state index in [1.54, 1.807) is 0 Å². The Balaban J connectivity index is 2.17. The Hall–Kier alpha value is -2.15. The Bertz CT molecular complexity index is 716. The van der Waals surface area contributed by atoms with Crippen LogP contribution in [-0.4, -0.2) is 8.42 Å². The SMILES string of the molecule is Nc1ccc(NS(=O)(=O)Cc2ccc(F)cc2)c(F)c1. The lowest BCUT2D eigenvalue weighted by atomic mass is 10.2. The molecule has 0 heterocycles. The number of nitrogens with one attached hydrogen (secondary N) is 1. The fraction of sp³-hybridized carbons (Fsp3) is 0.0769. The van der Waals surface area contributed by atoms with Crippen molar-refractivity contribution in [3.8, 4) is 0 Å². The maximum atomic E-state index is 13.5. The zero-order chi connectivity index (χ0) is 14.8. The normalized spacial score (nSPS) is 11.3. The van der Waals surface area contributed by atoms with E-state index >= 15 is 0 Å². The van der Waals surface area contributed by atoms with Gasteiger partial charge in [-0.15, -0.1) is 0 Å². The van der Waals surface area contributed by atoms with Gasteiger partial charge >= 0.3 is 0 Å². The molecule has 0 unspecified atom stereocenters. The average Bonchev–Trinajstić information content (AvgIpc) is 2.35. The van der Waals surface area contributed by atoms with Gasteiger partial charge in [0.1, 0.15) is 11.6 Å². The van der Waals surface area contributed by atoms with E-state index in [0.717, 1.165) is 18.2 Å². The van der Waals surface area contributed by atoms with Crippen LogP contribution < -0.4 is 10.5 Å². The monoisotopic (exact) mass is 298 g/mol. The molecule has 0 aliphatic heterocycles. The maximum Gasteiger partial charge on any atom is 0.237 e. The lowest BCUT2D eigenvalue weighted by Crippen LogP contribution is -2.16. The summed E-state index contributed by atoms with van der Waals surface area (Å²) in [6.45, 7) is 0. The first-order valence-corrected chi connectivity index (χ1v) is 7.31. The zero-order valence-corrected chi connectivity index (χ0v) is 11.1. The molecule has 0 saturated heterocycles. The highest BCUT2D eigenvalue weighted by atomic mass is 32.2. The summed E-state index contributed by atoms with van der Waals surface area (Å²) >= 11 is 0. The molecule has 2 aromatic rings. The van der Waals surface area contributed by atoms with Gasteiger partial charge in [-0.3, -0.25) is 4.72 Å². The maximum absolute atomic E-state index is 13.5. The third kappa shape index (κ3) is 3.67. The molecule has 0 aromatic heterocycles. The molecular weight excluding hydrogens is 286 g/mol. The van der Waals surface area contributed by atoms with Crippen LogP contribution in [0.5, 0.6) is 0 Å². The number of nitrogen functional groups attached to an aromatic ring is 1. The number of nitrogens with two attached hydrogens (primary N) is 1. The number of hydrogen-bond donors (Lipinski definition) is 2. The van der Waals surface area contributed by atoms with Crippen molar-refractivity contribution in [2.45, 2.75) is 5.75 Å². The third-order valence-electron chi connectivity index (χ3n) is 2.53. The smallest absolute Gasteiger partial charge is 0.237 e. The van der Waals surface area contributed by atoms with Crippen LogP contribution >= 0.6 is 0 Å². The van der Waals surface area contributed by atoms with Gasteiger partial charge in [0.05, 0.1) is 11.4 Å². The molecule has 7 heteroatoms. The molecular formula is C13H12F2N2O2S. The first kappa shape index (κ1) is 14.3. The summed E-state index contributed by atoms with van der Waals surface area (Å²) in [5.41, 5.74) is 5.79. The first-order chi connectivity index (χ1) is 9.35. The van der Waals surface area contributed by atoms with Crippen LogP contribution in [0.2, 0.25) is 0 Å². The second-order valence-electron chi connectivity index (χ2n) is 4.23. The van der Waals surface area contributed by atoms with Gasteiger partial charge in [-0.05, 0) is 35.9 Å². The van der Waals surface area contributed by atoms with Crippen LogP contribution in [0.4, 0.5) is 20.2 Å². The summed E-state index contributed by atoms with van der Waals surface area (Å²) in [4.78, 5) is 0. The Morgan fingerprint density at radius 1 is 1.05 bits per heavy atom. The summed E-state index contributed by atoms with van der Waals surface area (Å²) in [6.07, 6.45) is 0. The van der Waals surface area contributed by atoms with Gasteiger partial charge < -0.3 is 5.73 Å². The summed E-state index contributed by atoms with van der Waals surface area (Å²) in [7, 11) is -3.79. The summed E-state index contributed by atoms with van der Waals surface area (Å²) in [5, 5.41) is 0. The minimum atomic E-state index is -3.79. The molecule has 3 N–H and O–H groups in total.